The van der Waals surface area contributed by atoms with Gasteiger partial charge < -0.3 is 10.2 Å². The standard InChI is InChI=1S/C33H34ClN3O4S/c1-24-16-18-29(19-17-24)42(40,41)37(30-15-8-7-10-25(30)2)23-32(38)36(22-27-13-9-14-28(34)20-27)31(33(39)35-3)21-26-11-5-4-6-12-26/h4-20,31H,21-23H2,1-3H3,(H,35,39)/t31-/m1/s1. The van der Waals surface area contributed by atoms with E-state index >= 15 is 0 Å². The lowest BCUT2D eigenvalue weighted by molar-refractivity contribution is -0.139. The summed E-state index contributed by atoms with van der Waals surface area (Å²) in [6.45, 7) is 3.21. The van der Waals surface area contributed by atoms with Crippen LogP contribution in [0, 0.1) is 13.8 Å². The highest BCUT2D eigenvalue weighted by atomic mass is 35.5. The summed E-state index contributed by atoms with van der Waals surface area (Å²) in [5.41, 5.74) is 3.55. The number of aryl methyl sites for hydroxylation is 2. The van der Waals surface area contributed by atoms with Crippen LogP contribution in [0.3, 0.4) is 0 Å². The Balaban J connectivity index is 1.80. The minimum Gasteiger partial charge on any atom is -0.357 e. The van der Waals surface area contributed by atoms with Crippen molar-refractivity contribution >= 4 is 39.1 Å². The lowest BCUT2D eigenvalue weighted by Crippen LogP contribution is -2.53. The fourth-order valence-corrected chi connectivity index (χ4v) is 6.44. The Hall–Kier alpha value is -4.14. The van der Waals surface area contributed by atoms with E-state index in [1.54, 1.807) is 55.5 Å². The second kappa shape index (κ2) is 13.7. The van der Waals surface area contributed by atoms with Gasteiger partial charge in [0, 0.05) is 25.0 Å². The summed E-state index contributed by atoms with van der Waals surface area (Å²) in [7, 11) is -2.63. The summed E-state index contributed by atoms with van der Waals surface area (Å²) in [5.74, 6) is -0.892. The number of sulfonamides is 1. The number of anilines is 1. The predicted octanol–water partition coefficient (Wildman–Crippen LogP) is 5.54. The zero-order valence-electron chi connectivity index (χ0n) is 23.8. The molecular weight excluding hydrogens is 570 g/mol. The fraction of sp³-hybridized carbons (Fsp3) is 0.212. The molecule has 4 rings (SSSR count). The molecule has 4 aromatic rings. The van der Waals surface area contributed by atoms with Crippen molar-refractivity contribution in [2.45, 2.75) is 37.8 Å². The largest absolute Gasteiger partial charge is 0.357 e. The molecular formula is C33H34ClN3O4S. The van der Waals surface area contributed by atoms with E-state index in [1.165, 1.54) is 24.1 Å². The van der Waals surface area contributed by atoms with Gasteiger partial charge in [0.15, 0.2) is 0 Å². The Morgan fingerprint density at radius 1 is 0.833 bits per heavy atom. The third-order valence-corrected chi connectivity index (χ3v) is 9.04. The van der Waals surface area contributed by atoms with E-state index in [9.17, 15) is 18.0 Å². The van der Waals surface area contributed by atoms with Crippen molar-refractivity contribution in [3.63, 3.8) is 0 Å². The van der Waals surface area contributed by atoms with Gasteiger partial charge in [-0.3, -0.25) is 13.9 Å². The maximum atomic E-state index is 14.3. The van der Waals surface area contributed by atoms with Crippen LogP contribution in [0.25, 0.3) is 0 Å². The van der Waals surface area contributed by atoms with E-state index in [2.05, 4.69) is 5.32 Å². The van der Waals surface area contributed by atoms with Gasteiger partial charge in [-0.05, 0) is 60.9 Å². The highest BCUT2D eigenvalue weighted by Gasteiger charge is 2.34. The molecule has 0 aliphatic carbocycles. The third-order valence-electron chi connectivity index (χ3n) is 7.03. The number of hydrogen-bond acceptors (Lipinski definition) is 4. The SMILES string of the molecule is CNC(=O)[C@@H](Cc1ccccc1)N(Cc1cccc(Cl)c1)C(=O)CN(c1ccccc1C)S(=O)(=O)c1ccc(C)cc1. The van der Waals surface area contributed by atoms with Crippen LogP contribution < -0.4 is 9.62 Å². The van der Waals surface area contributed by atoms with Gasteiger partial charge in [0.05, 0.1) is 10.6 Å². The number of rotatable bonds is 11. The average molecular weight is 604 g/mol. The molecule has 2 amide bonds. The number of nitrogens with zero attached hydrogens (tertiary/aromatic N) is 2. The zero-order chi connectivity index (χ0) is 30.3. The number of hydrogen-bond donors (Lipinski definition) is 1. The van der Waals surface area contributed by atoms with Crippen molar-refractivity contribution in [3.05, 3.63) is 130 Å². The quantitative estimate of drug-likeness (QED) is 0.244. The lowest BCUT2D eigenvalue weighted by atomic mass is 10.0. The predicted molar refractivity (Wildman–Crippen MR) is 167 cm³/mol. The maximum absolute atomic E-state index is 14.3. The van der Waals surface area contributed by atoms with Crippen LogP contribution in [0.5, 0.6) is 0 Å². The maximum Gasteiger partial charge on any atom is 0.264 e. The zero-order valence-corrected chi connectivity index (χ0v) is 25.4. The Bertz CT molecular complexity index is 1640. The van der Waals surface area contributed by atoms with Gasteiger partial charge >= 0.3 is 0 Å². The van der Waals surface area contributed by atoms with Gasteiger partial charge in [-0.2, -0.15) is 0 Å². The Labute approximate surface area is 252 Å². The lowest BCUT2D eigenvalue weighted by Gasteiger charge is -2.34. The molecule has 1 N–H and O–H groups in total. The van der Waals surface area contributed by atoms with Crippen molar-refractivity contribution in [2.24, 2.45) is 0 Å². The molecule has 42 heavy (non-hydrogen) atoms. The first-order valence-corrected chi connectivity index (χ1v) is 15.4. The molecule has 0 spiro atoms. The van der Waals surface area contributed by atoms with Crippen molar-refractivity contribution < 1.29 is 18.0 Å². The number of carbonyl (C=O) groups excluding carboxylic acids is 2. The second-order valence-corrected chi connectivity index (χ2v) is 12.4. The van der Waals surface area contributed by atoms with Gasteiger partial charge in [-0.15, -0.1) is 0 Å². The number of para-hydroxylation sites is 1. The molecule has 0 unspecified atom stereocenters. The third kappa shape index (κ3) is 7.38. The van der Waals surface area contributed by atoms with Crippen molar-refractivity contribution in [2.75, 3.05) is 17.9 Å². The van der Waals surface area contributed by atoms with Crippen molar-refractivity contribution in [1.82, 2.24) is 10.2 Å². The van der Waals surface area contributed by atoms with Crippen LogP contribution in [-0.2, 0) is 32.6 Å². The second-order valence-electron chi connectivity index (χ2n) is 10.1. The van der Waals surface area contributed by atoms with Gasteiger partial charge in [0.25, 0.3) is 10.0 Å². The van der Waals surface area contributed by atoms with Gasteiger partial charge in [-0.1, -0.05) is 90.0 Å². The van der Waals surface area contributed by atoms with Crippen molar-refractivity contribution in [3.8, 4) is 0 Å². The number of amides is 2. The summed E-state index contributed by atoms with van der Waals surface area (Å²) in [5, 5.41) is 3.17. The minimum atomic E-state index is -4.15. The van der Waals surface area contributed by atoms with Gasteiger partial charge in [-0.25, -0.2) is 8.42 Å². The molecule has 0 heterocycles. The van der Waals surface area contributed by atoms with Crippen molar-refractivity contribution in [1.29, 1.82) is 0 Å². The van der Waals surface area contributed by atoms with E-state index in [1.807, 2.05) is 49.4 Å². The molecule has 4 aromatic carbocycles. The molecule has 0 saturated heterocycles. The Kier molecular flexibility index (Phi) is 10.0. The summed E-state index contributed by atoms with van der Waals surface area (Å²) in [4.78, 5) is 29.1. The fourth-order valence-electron chi connectivity index (χ4n) is 4.75. The van der Waals surface area contributed by atoms with Crippen LogP contribution in [0.2, 0.25) is 5.02 Å². The highest BCUT2D eigenvalue weighted by Crippen LogP contribution is 2.28. The number of likely N-dealkylation sites (N-methyl/N-ethyl adjacent to an activating group) is 1. The summed E-state index contributed by atoms with van der Waals surface area (Å²) >= 11 is 6.26. The topological polar surface area (TPSA) is 86.8 Å². The monoisotopic (exact) mass is 603 g/mol. The number of carbonyl (C=O) groups is 2. The summed E-state index contributed by atoms with van der Waals surface area (Å²) in [6, 6.07) is 29.0. The molecule has 218 valence electrons. The normalized spacial score (nSPS) is 11.9. The molecule has 0 bridgehead atoms. The molecule has 7 nitrogen and oxygen atoms in total. The summed E-state index contributed by atoms with van der Waals surface area (Å²) < 4.78 is 29.3. The molecule has 0 aromatic heterocycles. The van der Waals surface area contributed by atoms with E-state index in [0.29, 0.717) is 21.8 Å². The van der Waals surface area contributed by atoms with Gasteiger partial charge in [0.2, 0.25) is 11.8 Å². The van der Waals surface area contributed by atoms with Gasteiger partial charge in [0.1, 0.15) is 12.6 Å². The van der Waals surface area contributed by atoms with Crippen LogP contribution in [0.15, 0.2) is 108 Å². The molecule has 0 aliphatic heterocycles. The molecule has 0 saturated carbocycles. The Morgan fingerprint density at radius 2 is 1.48 bits per heavy atom. The number of nitrogens with one attached hydrogen (secondary N) is 1. The summed E-state index contributed by atoms with van der Waals surface area (Å²) in [6.07, 6.45) is 0.238. The smallest absolute Gasteiger partial charge is 0.264 e. The first-order chi connectivity index (χ1) is 20.1. The van der Waals surface area contributed by atoms with E-state index in [4.69, 9.17) is 11.6 Å². The van der Waals surface area contributed by atoms with E-state index < -0.39 is 28.5 Å². The van der Waals surface area contributed by atoms with Crippen LogP contribution in [-0.4, -0.2) is 44.8 Å². The van der Waals surface area contributed by atoms with E-state index in [0.717, 1.165) is 15.4 Å². The minimum absolute atomic E-state index is 0.0521. The average Bonchev–Trinajstić information content (AvgIpc) is 2.98. The number of halogens is 1. The highest BCUT2D eigenvalue weighted by molar-refractivity contribution is 7.92. The first kappa shape index (κ1) is 30.8. The molecule has 0 fully saturated rings. The molecule has 0 aliphatic rings. The van der Waals surface area contributed by atoms with Crippen LogP contribution in [0.1, 0.15) is 22.3 Å². The molecule has 1 atom stereocenters. The first-order valence-electron chi connectivity index (χ1n) is 13.5. The van der Waals surface area contributed by atoms with Crippen LogP contribution in [0.4, 0.5) is 5.69 Å². The van der Waals surface area contributed by atoms with E-state index in [-0.39, 0.29) is 23.8 Å². The molecule has 0 radical (unpaired) electrons. The Morgan fingerprint density at radius 3 is 2.12 bits per heavy atom. The number of benzene rings is 4. The van der Waals surface area contributed by atoms with Crippen LogP contribution >= 0.6 is 11.6 Å². The molecule has 9 heteroatoms.